The molecule has 2 heterocycles. The number of aliphatic hydroxyl groups is 1. The fourth-order valence-electron chi connectivity index (χ4n) is 2.41. The zero-order chi connectivity index (χ0) is 15.7. The molecule has 0 aliphatic heterocycles. The van der Waals surface area contributed by atoms with Crippen LogP contribution in [-0.4, -0.2) is 22.1 Å². The molecule has 114 valence electrons. The van der Waals surface area contributed by atoms with Gasteiger partial charge in [0.1, 0.15) is 11.2 Å². The maximum Gasteiger partial charge on any atom is 0.302 e. The van der Waals surface area contributed by atoms with E-state index < -0.39 is 0 Å². The molecule has 0 spiro atoms. The number of aromatic amines is 1. The maximum absolute atomic E-state index is 12.2. The molecule has 3 rings (SSSR count). The molecular weight excluding hydrogens is 282 g/mol. The van der Waals surface area contributed by atoms with Crippen LogP contribution in [0.3, 0.4) is 0 Å². The second-order valence-electron chi connectivity index (χ2n) is 5.02. The molecule has 0 unspecified atom stereocenters. The molecule has 3 aromatic rings. The van der Waals surface area contributed by atoms with E-state index in [2.05, 4.69) is 9.97 Å². The smallest absolute Gasteiger partial charge is 0.302 e. The zero-order valence-electron chi connectivity index (χ0n) is 12.5. The van der Waals surface area contributed by atoms with Gasteiger partial charge in [-0.25, -0.2) is 0 Å². The Labute approximate surface area is 127 Å². The van der Waals surface area contributed by atoms with Crippen LogP contribution in [0.4, 0.5) is 11.7 Å². The number of nitrogens with zero attached hydrogens (tertiary/aromatic N) is 2. The van der Waals surface area contributed by atoms with Gasteiger partial charge < -0.3 is 14.5 Å². The lowest BCUT2D eigenvalue weighted by molar-refractivity contribution is 0.275. The first-order chi connectivity index (χ1) is 10.6. The van der Waals surface area contributed by atoms with Crippen molar-refractivity contribution in [2.45, 2.75) is 20.0 Å². The monoisotopic (exact) mass is 299 g/mol. The van der Waals surface area contributed by atoms with Crippen LogP contribution in [0.2, 0.25) is 0 Å². The Morgan fingerprint density at radius 2 is 2.14 bits per heavy atom. The van der Waals surface area contributed by atoms with Crippen LogP contribution in [0.5, 0.6) is 0 Å². The summed E-state index contributed by atoms with van der Waals surface area (Å²) in [6.07, 6.45) is 0.709. The van der Waals surface area contributed by atoms with Crippen LogP contribution in [0.15, 0.2) is 39.5 Å². The number of rotatable bonds is 4. The van der Waals surface area contributed by atoms with Gasteiger partial charge in [0, 0.05) is 12.7 Å². The Hall–Kier alpha value is -2.60. The molecule has 0 atom stereocenters. The summed E-state index contributed by atoms with van der Waals surface area (Å²) in [6.45, 7) is 1.78. The number of pyridine rings is 1. The van der Waals surface area contributed by atoms with E-state index >= 15 is 0 Å². The second-order valence-corrected chi connectivity index (χ2v) is 5.02. The van der Waals surface area contributed by atoms with E-state index in [0.29, 0.717) is 29.4 Å². The summed E-state index contributed by atoms with van der Waals surface area (Å²) in [4.78, 5) is 20.9. The van der Waals surface area contributed by atoms with Gasteiger partial charge in [-0.3, -0.25) is 9.69 Å². The summed E-state index contributed by atoms with van der Waals surface area (Å²) in [5.74, 6) is 0. The summed E-state index contributed by atoms with van der Waals surface area (Å²) in [7, 11) is 1.73. The van der Waals surface area contributed by atoms with Gasteiger partial charge in [-0.15, -0.1) is 0 Å². The van der Waals surface area contributed by atoms with Gasteiger partial charge in [0.05, 0.1) is 6.61 Å². The average molecular weight is 299 g/mol. The van der Waals surface area contributed by atoms with Gasteiger partial charge in [0.25, 0.3) is 5.56 Å². The van der Waals surface area contributed by atoms with Crippen molar-refractivity contribution in [2.75, 3.05) is 11.9 Å². The highest BCUT2D eigenvalue weighted by atomic mass is 16.4. The van der Waals surface area contributed by atoms with Crippen LogP contribution < -0.4 is 10.5 Å². The standard InChI is InChI=1S/C16H17N3O3/c1-3-10-8-13(15(21)17-12(10)9-20)19(2)16-18-11-6-4-5-7-14(11)22-16/h4-8,20H,3,9H2,1-2H3,(H,17,21). The Balaban J connectivity index is 2.08. The highest BCUT2D eigenvalue weighted by molar-refractivity contribution is 5.75. The number of H-pyrrole nitrogens is 1. The molecule has 1 aromatic carbocycles. The van der Waals surface area contributed by atoms with E-state index in [-0.39, 0.29) is 12.2 Å². The highest BCUT2D eigenvalue weighted by Crippen LogP contribution is 2.25. The molecular formula is C16H17N3O3. The van der Waals surface area contributed by atoms with Crippen molar-refractivity contribution in [3.8, 4) is 0 Å². The Morgan fingerprint density at radius 1 is 1.36 bits per heavy atom. The molecule has 0 saturated heterocycles. The van der Waals surface area contributed by atoms with Crippen molar-refractivity contribution >= 4 is 22.8 Å². The van der Waals surface area contributed by atoms with Crippen LogP contribution in [0, 0.1) is 0 Å². The average Bonchev–Trinajstić information content (AvgIpc) is 2.97. The number of aromatic nitrogens is 2. The molecule has 6 nitrogen and oxygen atoms in total. The van der Waals surface area contributed by atoms with E-state index in [1.807, 2.05) is 31.2 Å². The summed E-state index contributed by atoms with van der Waals surface area (Å²) in [5, 5.41) is 9.30. The van der Waals surface area contributed by atoms with E-state index in [1.165, 1.54) is 0 Å². The molecule has 0 aliphatic carbocycles. The van der Waals surface area contributed by atoms with Crippen molar-refractivity contribution in [1.29, 1.82) is 0 Å². The number of aliphatic hydroxyl groups excluding tert-OH is 1. The molecule has 0 radical (unpaired) electrons. The predicted molar refractivity (Wildman–Crippen MR) is 84.4 cm³/mol. The number of hydrogen-bond donors (Lipinski definition) is 2. The second kappa shape index (κ2) is 5.65. The number of benzene rings is 1. The summed E-state index contributed by atoms with van der Waals surface area (Å²) >= 11 is 0. The first-order valence-electron chi connectivity index (χ1n) is 7.09. The molecule has 0 saturated carbocycles. The number of para-hydroxylation sites is 2. The van der Waals surface area contributed by atoms with E-state index in [1.54, 1.807) is 18.0 Å². The Kier molecular flexibility index (Phi) is 3.68. The fourth-order valence-corrected chi connectivity index (χ4v) is 2.41. The first-order valence-corrected chi connectivity index (χ1v) is 7.09. The molecule has 0 amide bonds. The minimum Gasteiger partial charge on any atom is -0.423 e. The minimum absolute atomic E-state index is 0.189. The van der Waals surface area contributed by atoms with Crippen LogP contribution >= 0.6 is 0 Å². The van der Waals surface area contributed by atoms with Gasteiger partial charge in [0.2, 0.25) is 0 Å². The minimum atomic E-state index is -0.286. The van der Waals surface area contributed by atoms with Crippen LogP contribution in [-0.2, 0) is 13.0 Å². The van der Waals surface area contributed by atoms with Crippen LogP contribution in [0.1, 0.15) is 18.2 Å². The van der Waals surface area contributed by atoms with Crippen molar-refractivity contribution in [1.82, 2.24) is 9.97 Å². The number of hydrogen-bond acceptors (Lipinski definition) is 5. The predicted octanol–water partition coefficient (Wildman–Crippen LogP) is 2.34. The molecule has 0 bridgehead atoms. The van der Waals surface area contributed by atoms with Crippen molar-refractivity contribution < 1.29 is 9.52 Å². The normalized spacial score (nSPS) is 11.0. The molecule has 0 aliphatic rings. The summed E-state index contributed by atoms with van der Waals surface area (Å²) in [6, 6.07) is 9.55. The van der Waals surface area contributed by atoms with Crippen molar-refractivity contribution in [3.05, 3.63) is 51.9 Å². The summed E-state index contributed by atoms with van der Waals surface area (Å²) in [5.41, 5.74) is 2.99. The number of oxazole rings is 1. The van der Waals surface area contributed by atoms with Gasteiger partial charge in [-0.2, -0.15) is 4.98 Å². The number of anilines is 2. The van der Waals surface area contributed by atoms with Gasteiger partial charge in [0.15, 0.2) is 5.58 Å². The van der Waals surface area contributed by atoms with Gasteiger partial charge >= 0.3 is 6.01 Å². The van der Waals surface area contributed by atoms with Gasteiger partial charge in [-0.1, -0.05) is 19.1 Å². The molecule has 2 aromatic heterocycles. The number of nitrogens with one attached hydrogen (secondary N) is 1. The molecule has 6 heteroatoms. The van der Waals surface area contributed by atoms with Crippen molar-refractivity contribution in [3.63, 3.8) is 0 Å². The molecule has 22 heavy (non-hydrogen) atoms. The van der Waals surface area contributed by atoms with Gasteiger partial charge in [-0.05, 0) is 30.2 Å². The number of fused-ring (bicyclic) bond motifs is 1. The maximum atomic E-state index is 12.2. The molecule has 2 N–H and O–H groups in total. The third kappa shape index (κ3) is 2.37. The SMILES string of the molecule is CCc1cc(N(C)c2nc3ccccc3o2)c(=O)[nH]c1CO. The highest BCUT2D eigenvalue weighted by Gasteiger charge is 2.16. The first kappa shape index (κ1) is 14.3. The fraction of sp³-hybridized carbons (Fsp3) is 0.250. The van der Waals surface area contributed by atoms with E-state index in [0.717, 1.165) is 11.1 Å². The Bertz CT molecular complexity index is 833. The van der Waals surface area contributed by atoms with Crippen molar-refractivity contribution in [2.24, 2.45) is 0 Å². The summed E-state index contributed by atoms with van der Waals surface area (Å²) < 4.78 is 5.68. The topological polar surface area (TPSA) is 82.4 Å². The largest absolute Gasteiger partial charge is 0.423 e. The zero-order valence-corrected chi connectivity index (χ0v) is 12.5. The number of aryl methyl sites for hydroxylation is 1. The lowest BCUT2D eigenvalue weighted by atomic mass is 10.1. The molecule has 0 fully saturated rings. The quantitative estimate of drug-likeness (QED) is 0.772. The van der Waals surface area contributed by atoms with E-state index in [9.17, 15) is 9.90 Å². The lowest BCUT2D eigenvalue weighted by Gasteiger charge is -2.15. The lowest BCUT2D eigenvalue weighted by Crippen LogP contribution is -2.22. The van der Waals surface area contributed by atoms with E-state index in [4.69, 9.17) is 4.42 Å². The third-order valence-corrected chi connectivity index (χ3v) is 3.67. The third-order valence-electron chi connectivity index (χ3n) is 3.67. The Morgan fingerprint density at radius 3 is 2.82 bits per heavy atom. The van der Waals surface area contributed by atoms with Crippen LogP contribution in [0.25, 0.3) is 11.1 Å².